The van der Waals surface area contributed by atoms with Gasteiger partial charge < -0.3 is 14.5 Å². The minimum absolute atomic E-state index is 0.219. The molecule has 0 fully saturated rings. The zero-order valence-electron chi connectivity index (χ0n) is 17.0. The Morgan fingerprint density at radius 3 is 2.72 bits per heavy atom. The summed E-state index contributed by atoms with van der Waals surface area (Å²) in [6.45, 7) is 6.12. The number of aromatic nitrogens is 1. The molecular formula is C23H26N2O4. The summed E-state index contributed by atoms with van der Waals surface area (Å²) in [5.74, 6) is 0.338. The van der Waals surface area contributed by atoms with E-state index in [-0.39, 0.29) is 11.5 Å². The summed E-state index contributed by atoms with van der Waals surface area (Å²) in [5.41, 5.74) is 2.86. The number of nitrogens with one attached hydrogen (secondary N) is 1. The average molecular weight is 394 g/mol. The lowest BCUT2D eigenvalue weighted by molar-refractivity contribution is -0.127. The summed E-state index contributed by atoms with van der Waals surface area (Å²) in [4.78, 5) is 28.5. The molecule has 0 saturated carbocycles. The van der Waals surface area contributed by atoms with E-state index < -0.39 is 6.10 Å². The minimum atomic E-state index is -0.701. The van der Waals surface area contributed by atoms with Gasteiger partial charge in [0.15, 0.2) is 6.10 Å². The number of rotatable bonds is 8. The fourth-order valence-electron chi connectivity index (χ4n) is 3.21. The third-order valence-corrected chi connectivity index (χ3v) is 4.72. The van der Waals surface area contributed by atoms with Gasteiger partial charge in [-0.05, 0) is 67.6 Å². The molecule has 0 saturated heterocycles. The molecule has 0 radical (unpaired) electrons. The van der Waals surface area contributed by atoms with Crippen LogP contribution < -0.4 is 15.7 Å². The minimum Gasteiger partial charge on any atom is -0.480 e. The lowest BCUT2D eigenvalue weighted by Crippen LogP contribution is -2.36. The maximum absolute atomic E-state index is 12.5. The Hall–Kier alpha value is -3.15. The topological polar surface area (TPSA) is 81.4 Å². The number of carbonyl (C=O) groups excluding carboxylic acids is 1. The first-order valence-electron chi connectivity index (χ1n) is 9.88. The Bertz CT molecular complexity index is 1040. The van der Waals surface area contributed by atoms with E-state index >= 15 is 0 Å². The summed E-state index contributed by atoms with van der Waals surface area (Å²) in [5, 5.41) is 3.64. The number of pyridine rings is 1. The van der Waals surface area contributed by atoms with Crippen LogP contribution in [0.25, 0.3) is 11.0 Å². The molecule has 3 rings (SSSR count). The number of aryl methyl sites for hydroxylation is 2. The van der Waals surface area contributed by atoms with Crippen molar-refractivity contribution in [2.45, 2.75) is 52.7 Å². The van der Waals surface area contributed by atoms with Gasteiger partial charge in [-0.15, -0.1) is 0 Å². The highest BCUT2D eigenvalue weighted by Crippen LogP contribution is 2.31. The van der Waals surface area contributed by atoms with Crippen molar-refractivity contribution in [1.82, 2.24) is 10.3 Å². The van der Waals surface area contributed by atoms with Crippen molar-refractivity contribution in [2.75, 3.05) is 0 Å². The van der Waals surface area contributed by atoms with E-state index in [1.54, 1.807) is 19.3 Å². The van der Waals surface area contributed by atoms with E-state index in [1.807, 2.05) is 31.2 Å². The van der Waals surface area contributed by atoms with E-state index in [9.17, 15) is 9.59 Å². The molecule has 0 spiro atoms. The standard InChI is InChI=1S/C23H26N2O4/c1-4-5-6-18-13-21(26)29-20-12-15(2)11-19(22(18)20)28-16(3)23(27)25-14-17-7-9-24-10-8-17/h7-13,16H,4-6,14H2,1-3H3,(H,25,27)/t16-/m1/s1. The van der Waals surface area contributed by atoms with Gasteiger partial charge >= 0.3 is 5.63 Å². The molecule has 6 heteroatoms. The predicted octanol–water partition coefficient (Wildman–Crippen LogP) is 3.92. The molecule has 0 bridgehead atoms. The van der Waals surface area contributed by atoms with E-state index in [4.69, 9.17) is 9.15 Å². The number of nitrogens with zero attached hydrogens (tertiary/aromatic N) is 1. The number of amides is 1. The third-order valence-electron chi connectivity index (χ3n) is 4.72. The van der Waals surface area contributed by atoms with Gasteiger partial charge in [0.05, 0.1) is 5.39 Å². The molecule has 0 aliphatic carbocycles. The molecule has 29 heavy (non-hydrogen) atoms. The van der Waals surface area contributed by atoms with Gasteiger partial charge in [-0.25, -0.2) is 4.79 Å². The second kappa shape index (κ2) is 9.37. The Balaban J connectivity index is 1.84. The van der Waals surface area contributed by atoms with Crippen LogP contribution in [-0.4, -0.2) is 17.0 Å². The van der Waals surface area contributed by atoms with Crippen LogP contribution in [0.5, 0.6) is 5.75 Å². The fourth-order valence-corrected chi connectivity index (χ4v) is 3.21. The molecule has 1 amide bonds. The van der Waals surface area contributed by atoms with E-state index in [2.05, 4.69) is 17.2 Å². The second-order valence-electron chi connectivity index (χ2n) is 7.16. The maximum Gasteiger partial charge on any atom is 0.336 e. The molecule has 152 valence electrons. The summed E-state index contributed by atoms with van der Waals surface area (Å²) < 4.78 is 11.4. The van der Waals surface area contributed by atoms with Crippen molar-refractivity contribution in [3.63, 3.8) is 0 Å². The number of carbonyl (C=O) groups is 1. The summed E-state index contributed by atoms with van der Waals surface area (Å²) in [6, 6.07) is 8.93. The van der Waals surface area contributed by atoms with Gasteiger partial charge in [-0.2, -0.15) is 0 Å². The number of ether oxygens (including phenoxy) is 1. The Labute approximate surface area is 169 Å². The van der Waals surface area contributed by atoms with Crippen LogP contribution >= 0.6 is 0 Å². The number of benzene rings is 1. The van der Waals surface area contributed by atoms with Crippen LogP contribution in [0.1, 0.15) is 43.4 Å². The molecule has 2 aromatic heterocycles. The molecular weight excluding hydrogens is 368 g/mol. The van der Waals surface area contributed by atoms with Crippen molar-refractivity contribution in [3.05, 3.63) is 69.8 Å². The molecule has 6 nitrogen and oxygen atoms in total. The van der Waals surface area contributed by atoms with E-state index in [1.165, 1.54) is 6.07 Å². The van der Waals surface area contributed by atoms with Gasteiger partial charge in [0.1, 0.15) is 11.3 Å². The first-order chi connectivity index (χ1) is 14.0. The summed E-state index contributed by atoms with van der Waals surface area (Å²) >= 11 is 0. The predicted molar refractivity (Wildman–Crippen MR) is 112 cm³/mol. The van der Waals surface area contributed by atoms with Crippen molar-refractivity contribution < 1.29 is 13.9 Å². The molecule has 1 atom stereocenters. The monoisotopic (exact) mass is 394 g/mol. The normalized spacial score (nSPS) is 12.0. The van der Waals surface area contributed by atoms with Crippen molar-refractivity contribution in [3.8, 4) is 5.75 Å². The molecule has 0 unspecified atom stereocenters. The maximum atomic E-state index is 12.5. The van der Waals surface area contributed by atoms with Crippen LogP contribution in [0.4, 0.5) is 0 Å². The first kappa shape index (κ1) is 20.6. The molecule has 0 aliphatic heterocycles. The Kier molecular flexibility index (Phi) is 6.65. The number of fused-ring (bicyclic) bond motifs is 1. The highest BCUT2D eigenvalue weighted by atomic mass is 16.5. The van der Waals surface area contributed by atoms with Gasteiger partial charge in [-0.3, -0.25) is 9.78 Å². The average Bonchev–Trinajstić information content (AvgIpc) is 2.70. The zero-order valence-corrected chi connectivity index (χ0v) is 17.0. The molecule has 0 aliphatic rings. The second-order valence-corrected chi connectivity index (χ2v) is 7.16. The lowest BCUT2D eigenvalue weighted by atomic mass is 10.0. The van der Waals surface area contributed by atoms with Gasteiger partial charge in [-0.1, -0.05) is 13.3 Å². The molecule has 3 aromatic rings. The van der Waals surface area contributed by atoms with Crippen molar-refractivity contribution in [2.24, 2.45) is 0 Å². The molecule has 1 aromatic carbocycles. The zero-order chi connectivity index (χ0) is 20.8. The van der Waals surface area contributed by atoms with E-state index in [0.717, 1.165) is 41.3 Å². The SMILES string of the molecule is CCCCc1cc(=O)oc2cc(C)cc(O[C@H](C)C(=O)NCc3ccncc3)c12. The Morgan fingerprint density at radius 1 is 1.24 bits per heavy atom. The van der Waals surface area contributed by atoms with Gasteiger partial charge in [0.25, 0.3) is 5.91 Å². The Morgan fingerprint density at radius 2 is 2.00 bits per heavy atom. The number of hydrogen-bond donors (Lipinski definition) is 1. The highest BCUT2D eigenvalue weighted by Gasteiger charge is 2.19. The quantitative estimate of drug-likeness (QED) is 0.586. The van der Waals surface area contributed by atoms with Crippen molar-refractivity contribution >= 4 is 16.9 Å². The van der Waals surface area contributed by atoms with Gasteiger partial charge in [0.2, 0.25) is 0 Å². The van der Waals surface area contributed by atoms with E-state index in [0.29, 0.717) is 17.9 Å². The van der Waals surface area contributed by atoms with Crippen molar-refractivity contribution in [1.29, 1.82) is 0 Å². The highest BCUT2D eigenvalue weighted by molar-refractivity contribution is 5.88. The largest absolute Gasteiger partial charge is 0.480 e. The summed E-state index contributed by atoms with van der Waals surface area (Å²) in [6.07, 6.45) is 5.39. The van der Waals surface area contributed by atoms with Crippen LogP contribution in [0.2, 0.25) is 0 Å². The van der Waals surface area contributed by atoms with Crippen LogP contribution in [-0.2, 0) is 17.8 Å². The fraction of sp³-hybridized carbons (Fsp3) is 0.348. The first-order valence-corrected chi connectivity index (χ1v) is 9.88. The summed E-state index contributed by atoms with van der Waals surface area (Å²) in [7, 11) is 0. The molecule has 2 heterocycles. The third kappa shape index (κ3) is 5.22. The number of unbranched alkanes of at least 4 members (excludes halogenated alkanes) is 1. The van der Waals surface area contributed by atoms with Gasteiger partial charge in [0, 0.05) is 25.0 Å². The molecule has 1 N–H and O–H groups in total. The van der Waals surface area contributed by atoms with Crippen LogP contribution in [0.15, 0.2) is 51.9 Å². The smallest absolute Gasteiger partial charge is 0.336 e. The van der Waals surface area contributed by atoms with Crippen LogP contribution in [0.3, 0.4) is 0 Å². The van der Waals surface area contributed by atoms with Crippen LogP contribution in [0, 0.1) is 6.92 Å². The lowest BCUT2D eigenvalue weighted by Gasteiger charge is -2.18. The number of hydrogen-bond acceptors (Lipinski definition) is 5.